The van der Waals surface area contributed by atoms with E-state index in [0.717, 1.165) is 25.0 Å². The van der Waals surface area contributed by atoms with Crippen molar-refractivity contribution in [1.82, 2.24) is 4.90 Å². The van der Waals surface area contributed by atoms with Crippen LogP contribution in [0, 0.1) is 5.92 Å². The topological polar surface area (TPSA) is 38.8 Å². The Balaban J connectivity index is 0.00000116. The van der Waals surface area contributed by atoms with E-state index in [1.807, 2.05) is 32.9 Å². The van der Waals surface area contributed by atoms with Crippen LogP contribution in [-0.2, 0) is 17.6 Å². The molecule has 0 aliphatic heterocycles. The second-order valence-electron chi connectivity index (χ2n) is 5.41. The summed E-state index contributed by atoms with van der Waals surface area (Å²) in [6.07, 6.45) is 2.73. The molecule has 0 aromatic heterocycles. The van der Waals surface area contributed by atoms with Crippen LogP contribution in [0.2, 0.25) is 0 Å². The van der Waals surface area contributed by atoms with Gasteiger partial charge in [0.1, 0.15) is 5.75 Å². The third-order valence-electron chi connectivity index (χ3n) is 3.65. The molecular weight excluding hydrogens is 278 g/mol. The van der Waals surface area contributed by atoms with E-state index in [0.29, 0.717) is 19.1 Å². The van der Waals surface area contributed by atoms with Gasteiger partial charge in [-0.05, 0) is 49.3 Å². The summed E-state index contributed by atoms with van der Waals surface area (Å²) in [4.78, 5) is 12.9. The van der Waals surface area contributed by atoms with Gasteiger partial charge in [-0.1, -0.05) is 26.0 Å². The molecule has 124 valence electrons. The molecule has 1 aromatic rings. The fourth-order valence-electron chi connectivity index (χ4n) is 2.60. The van der Waals surface area contributed by atoms with Gasteiger partial charge in [0, 0.05) is 14.1 Å². The van der Waals surface area contributed by atoms with Crippen molar-refractivity contribution in [3.8, 4) is 5.75 Å². The number of ether oxygens (including phenoxy) is 2. The summed E-state index contributed by atoms with van der Waals surface area (Å²) >= 11 is 0. The maximum atomic E-state index is 11.5. The molecule has 0 saturated heterocycles. The number of nitrogens with zero attached hydrogens (tertiary/aromatic N) is 1. The lowest BCUT2D eigenvalue weighted by Crippen LogP contribution is -2.27. The van der Waals surface area contributed by atoms with Crippen molar-refractivity contribution in [3.05, 3.63) is 29.3 Å². The molecule has 4 nitrogen and oxygen atoms in total. The zero-order valence-electron chi connectivity index (χ0n) is 14.5. The van der Waals surface area contributed by atoms with Crippen LogP contribution in [0.15, 0.2) is 18.2 Å². The first-order valence-corrected chi connectivity index (χ1v) is 8.19. The molecule has 0 radical (unpaired) electrons. The second-order valence-corrected chi connectivity index (χ2v) is 5.41. The first kappa shape index (κ1) is 18.3. The Labute approximate surface area is 134 Å². The monoisotopic (exact) mass is 307 g/mol. The van der Waals surface area contributed by atoms with Gasteiger partial charge < -0.3 is 14.4 Å². The van der Waals surface area contributed by atoms with Crippen LogP contribution in [0.1, 0.15) is 38.3 Å². The number of rotatable bonds is 4. The van der Waals surface area contributed by atoms with E-state index in [2.05, 4.69) is 6.07 Å². The van der Waals surface area contributed by atoms with E-state index in [9.17, 15) is 4.79 Å². The van der Waals surface area contributed by atoms with Crippen LogP contribution >= 0.6 is 0 Å². The molecule has 2 rings (SSSR count). The number of fused-ring (bicyclic) bond motifs is 1. The molecule has 0 N–H and O–H groups in total. The number of hydrogen-bond acceptors (Lipinski definition) is 3. The predicted octanol–water partition coefficient (Wildman–Crippen LogP) is 3.91. The largest absolute Gasteiger partial charge is 0.494 e. The van der Waals surface area contributed by atoms with E-state index in [1.54, 1.807) is 14.1 Å². The summed E-state index contributed by atoms with van der Waals surface area (Å²) in [6, 6.07) is 6.23. The summed E-state index contributed by atoms with van der Waals surface area (Å²) in [5.41, 5.74) is 2.65. The number of benzene rings is 1. The second kappa shape index (κ2) is 9.34. The highest BCUT2D eigenvalue weighted by molar-refractivity contribution is 5.66. The Morgan fingerprint density at radius 2 is 2.05 bits per heavy atom. The summed E-state index contributed by atoms with van der Waals surface area (Å²) in [5.74, 6) is 1.41. The standard InChI is InChI=1S/C16H23NO3.C2H6/c1-4-19-15-7-5-6-13-10-12(8-9-14(13)15)11-20-16(18)17(2)3;1-2/h5-7,12H,4,8-11H2,1-3H3;1-2H3. The van der Waals surface area contributed by atoms with Gasteiger partial charge >= 0.3 is 6.09 Å². The van der Waals surface area contributed by atoms with Crippen molar-refractivity contribution in [3.63, 3.8) is 0 Å². The quantitative estimate of drug-likeness (QED) is 0.846. The third kappa shape index (κ3) is 4.93. The molecular formula is C18H29NO3. The van der Waals surface area contributed by atoms with Crippen molar-refractivity contribution in [1.29, 1.82) is 0 Å². The molecule has 1 aromatic carbocycles. The lowest BCUT2D eigenvalue weighted by Gasteiger charge is -2.26. The van der Waals surface area contributed by atoms with Crippen molar-refractivity contribution in [2.45, 2.75) is 40.0 Å². The van der Waals surface area contributed by atoms with Gasteiger partial charge in [-0.2, -0.15) is 0 Å². The molecule has 4 heteroatoms. The number of amides is 1. The van der Waals surface area contributed by atoms with Gasteiger partial charge in [-0.25, -0.2) is 4.79 Å². The fraction of sp³-hybridized carbons (Fsp3) is 0.611. The predicted molar refractivity (Wildman–Crippen MR) is 89.5 cm³/mol. The number of carbonyl (C=O) groups excluding carboxylic acids is 1. The maximum Gasteiger partial charge on any atom is 0.409 e. The highest BCUT2D eigenvalue weighted by Gasteiger charge is 2.22. The number of carbonyl (C=O) groups is 1. The SMILES string of the molecule is CC.CCOc1cccc2c1CCC(COC(=O)N(C)C)C2. The minimum Gasteiger partial charge on any atom is -0.494 e. The average Bonchev–Trinajstić information content (AvgIpc) is 2.54. The van der Waals surface area contributed by atoms with Gasteiger partial charge in [0.15, 0.2) is 0 Å². The first-order valence-electron chi connectivity index (χ1n) is 8.19. The Morgan fingerprint density at radius 3 is 2.68 bits per heavy atom. The molecule has 0 saturated carbocycles. The molecule has 1 aliphatic carbocycles. The highest BCUT2D eigenvalue weighted by atomic mass is 16.6. The van der Waals surface area contributed by atoms with Crippen molar-refractivity contribution in [2.24, 2.45) is 5.92 Å². The van der Waals surface area contributed by atoms with Gasteiger partial charge in [0.05, 0.1) is 13.2 Å². The molecule has 0 heterocycles. The zero-order chi connectivity index (χ0) is 16.5. The van der Waals surface area contributed by atoms with E-state index in [-0.39, 0.29) is 6.09 Å². The first-order chi connectivity index (χ1) is 10.6. The van der Waals surface area contributed by atoms with E-state index < -0.39 is 0 Å². The minimum atomic E-state index is -0.265. The zero-order valence-corrected chi connectivity index (χ0v) is 14.5. The maximum absolute atomic E-state index is 11.5. The molecule has 1 aliphatic rings. The van der Waals surface area contributed by atoms with Crippen molar-refractivity contribution < 1.29 is 14.3 Å². The summed E-state index contributed by atoms with van der Waals surface area (Å²) < 4.78 is 11.0. The Bertz CT molecular complexity index is 471. The molecule has 1 amide bonds. The lowest BCUT2D eigenvalue weighted by atomic mass is 9.84. The summed E-state index contributed by atoms with van der Waals surface area (Å²) in [6.45, 7) is 7.20. The summed E-state index contributed by atoms with van der Waals surface area (Å²) in [7, 11) is 3.40. The van der Waals surface area contributed by atoms with Gasteiger partial charge in [-0.15, -0.1) is 0 Å². The lowest BCUT2D eigenvalue weighted by molar-refractivity contribution is 0.0983. The molecule has 0 bridgehead atoms. The highest BCUT2D eigenvalue weighted by Crippen LogP contribution is 2.32. The summed E-state index contributed by atoms with van der Waals surface area (Å²) in [5, 5.41) is 0. The smallest absolute Gasteiger partial charge is 0.409 e. The van der Waals surface area contributed by atoms with Crippen molar-refractivity contribution in [2.75, 3.05) is 27.3 Å². The van der Waals surface area contributed by atoms with Crippen LogP contribution < -0.4 is 4.74 Å². The Morgan fingerprint density at radius 1 is 1.32 bits per heavy atom. The van der Waals surface area contributed by atoms with Gasteiger partial charge in [-0.3, -0.25) is 0 Å². The average molecular weight is 307 g/mol. The normalized spacial score (nSPS) is 16.0. The van der Waals surface area contributed by atoms with E-state index in [1.165, 1.54) is 16.0 Å². The van der Waals surface area contributed by atoms with Crippen LogP contribution in [0.5, 0.6) is 5.75 Å². The van der Waals surface area contributed by atoms with Gasteiger partial charge in [0.25, 0.3) is 0 Å². The minimum absolute atomic E-state index is 0.265. The van der Waals surface area contributed by atoms with Crippen LogP contribution in [0.25, 0.3) is 0 Å². The number of hydrogen-bond donors (Lipinski definition) is 0. The molecule has 1 atom stereocenters. The third-order valence-corrected chi connectivity index (χ3v) is 3.65. The fourth-order valence-corrected chi connectivity index (χ4v) is 2.60. The van der Waals surface area contributed by atoms with E-state index in [4.69, 9.17) is 9.47 Å². The van der Waals surface area contributed by atoms with Crippen LogP contribution in [0.4, 0.5) is 4.79 Å². The van der Waals surface area contributed by atoms with Gasteiger partial charge in [0.2, 0.25) is 0 Å². The van der Waals surface area contributed by atoms with Crippen LogP contribution in [-0.4, -0.2) is 38.3 Å². The molecule has 1 unspecified atom stereocenters. The van der Waals surface area contributed by atoms with E-state index >= 15 is 0 Å². The Kier molecular flexibility index (Phi) is 7.78. The van der Waals surface area contributed by atoms with Crippen molar-refractivity contribution >= 4 is 6.09 Å². The molecule has 0 spiro atoms. The molecule has 0 fully saturated rings. The molecule has 22 heavy (non-hydrogen) atoms. The van der Waals surface area contributed by atoms with Crippen LogP contribution in [0.3, 0.4) is 0 Å². The Hall–Kier alpha value is -1.71.